The maximum atomic E-state index is 11.2. The summed E-state index contributed by atoms with van der Waals surface area (Å²) < 4.78 is 5.35. The third kappa shape index (κ3) is 2.57. The standard InChI is InChI=1S/C11H11NO3/c13-11-10(6-7-15-12-11)14-8-9-4-2-1-3-5-9/h1-6H,7-8H2,(H,12,13). The minimum Gasteiger partial charge on any atom is -0.483 e. The van der Waals surface area contributed by atoms with Gasteiger partial charge in [0.2, 0.25) is 0 Å². The largest absolute Gasteiger partial charge is 0.483 e. The predicted octanol–water partition coefficient (Wildman–Crippen LogP) is 1.15. The molecule has 15 heavy (non-hydrogen) atoms. The van der Waals surface area contributed by atoms with E-state index in [4.69, 9.17) is 9.57 Å². The van der Waals surface area contributed by atoms with Crippen molar-refractivity contribution in [3.8, 4) is 0 Å². The van der Waals surface area contributed by atoms with Crippen LogP contribution in [0.1, 0.15) is 5.56 Å². The van der Waals surface area contributed by atoms with Gasteiger partial charge in [0, 0.05) is 0 Å². The van der Waals surface area contributed by atoms with Crippen LogP contribution in [0.5, 0.6) is 0 Å². The van der Waals surface area contributed by atoms with Crippen molar-refractivity contribution in [1.29, 1.82) is 0 Å². The summed E-state index contributed by atoms with van der Waals surface area (Å²) in [6.45, 7) is 0.732. The predicted molar refractivity (Wildman–Crippen MR) is 53.4 cm³/mol. The third-order valence-electron chi connectivity index (χ3n) is 1.98. The molecule has 78 valence electrons. The normalized spacial score (nSPS) is 15.5. The van der Waals surface area contributed by atoms with Gasteiger partial charge in [0.15, 0.2) is 5.76 Å². The molecular weight excluding hydrogens is 194 g/mol. The fourth-order valence-corrected chi connectivity index (χ4v) is 1.23. The second-order valence-corrected chi connectivity index (χ2v) is 3.08. The minimum atomic E-state index is -0.336. The molecule has 0 saturated carbocycles. The number of ether oxygens (including phenoxy) is 1. The van der Waals surface area contributed by atoms with Crippen LogP contribution in [0, 0.1) is 0 Å². The van der Waals surface area contributed by atoms with Gasteiger partial charge in [0.05, 0.1) is 6.61 Å². The summed E-state index contributed by atoms with van der Waals surface area (Å²) in [5.41, 5.74) is 3.26. The first kappa shape index (κ1) is 9.73. The van der Waals surface area contributed by atoms with E-state index in [2.05, 4.69) is 5.48 Å². The molecule has 1 aliphatic heterocycles. The Hall–Kier alpha value is -1.81. The molecule has 4 nitrogen and oxygen atoms in total. The first-order valence-electron chi connectivity index (χ1n) is 4.65. The Morgan fingerprint density at radius 3 is 2.87 bits per heavy atom. The highest BCUT2D eigenvalue weighted by Crippen LogP contribution is 2.07. The lowest BCUT2D eigenvalue weighted by molar-refractivity contribution is -0.134. The van der Waals surface area contributed by atoms with Crippen LogP contribution in [0.4, 0.5) is 0 Å². The van der Waals surface area contributed by atoms with Crippen molar-refractivity contribution in [2.75, 3.05) is 6.61 Å². The highest BCUT2D eigenvalue weighted by molar-refractivity contribution is 5.91. The molecule has 0 aliphatic carbocycles. The van der Waals surface area contributed by atoms with Crippen molar-refractivity contribution in [2.45, 2.75) is 6.61 Å². The number of carbonyl (C=O) groups excluding carboxylic acids is 1. The lowest BCUT2D eigenvalue weighted by Crippen LogP contribution is -2.30. The van der Waals surface area contributed by atoms with E-state index in [1.807, 2.05) is 30.3 Å². The number of nitrogens with one attached hydrogen (secondary N) is 1. The van der Waals surface area contributed by atoms with Crippen molar-refractivity contribution in [3.05, 3.63) is 47.7 Å². The highest BCUT2D eigenvalue weighted by Gasteiger charge is 2.14. The number of hydrogen-bond acceptors (Lipinski definition) is 3. The van der Waals surface area contributed by atoms with E-state index in [-0.39, 0.29) is 5.91 Å². The zero-order valence-corrected chi connectivity index (χ0v) is 8.10. The Balaban J connectivity index is 1.93. The van der Waals surface area contributed by atoms with Gasteiger partial charge in [0.25, 0.3) is 0 Å². The average Bonchev–Trinajstić information content (AvgIpc) is 2.29. The van der Waals surface area contributed by atoms with Crippen molar-refractivity contribution < 1.29 is 14.4 Å². The Morgan fingerprint density at radius 2 is 2.13 bits per heavy atom. The van der Waals surface area contributed by atoms with E-state index in [0.29, 0.717) is 19.0 Å². The molecule has 4 heteroatoms. The zero-order valence-electron chi connectivity index (χ0n) is 8.10. The monoisotopic (exact) mass is 205 g/mol. The van der Waals surface area contributed by atoms with E-state index < -0.39 is 0 Å². The third-order valence-corrected chi connectivity index (χ3v) is 1.98. The second-order valence-electron chi connectivity index (χ2n) is 3.08. The van der Waals surface area contributed by atoms with Crippen LogP contribution < -0.4 is 5.48 Å². The topological polar surface area (TPSA) is 47.6 Å². The van der Waals surface area contributed by atoms with Crippen LogP contribution in [0.15, 0.2) is 42.2 Å². The molecule has 1 aliphatic rings. The quantitative estimate of drug-likeness (QED) is 0.805. The molecule has 0 atom stereocenters. The maximum absolute atomic E-state index is 11.2. The Morgan fingerprint density at radius 1 is 1.33 bits per heavy atom. The van der Waals surface area contributed by atoms with Crippen LogP contribution in [-0.4, -0.2) is 12.5 Å². The first-order valence-corrected chi connectivity index (χ1v) is 4.65. The van der Waals surface area contributed by atoms with Gasteiger partial charge in [0.1, 0.15) is 6.61 Å². The summed E-state index contributed by atoms with van der Waals surface area (Å²) >= 11 is 0. The van der Waals surface area contributed by atoms with Gasteiger partial charge in [-0.25, -0.2) is 5.48 Å². The van der Waals surface area contributed by atoms with Gasteiger partial charge in [-0.15, -0.1) is 0 Å². The molecule has 0 unspecified atom stereocenters. The van der Waals surface area contributed by atoms with Gasteiger partial charge in [-0.1, -0.05) is 30.3 Å². The molecule has 1 heterocycles. The van der Waals surface area contributed by atoms with Gasteiger partial charge in [-0.05, 0) is 11.6 Å². The molecule has 2 rings (SSSR count). The second kappa shape index (κ2) is 4.61. The van der Waals surface area contributed by atoms with E-state index in [1.54, 1.807) is 6.08 Å². The summed E-state index contributed by atoms with van der Waals surface area (Å²) in [6, 6.07) is 9.67. The minimum absolute atomic E-state index is 0.310. The summed E-state index contributed by atoms with van der Waals surface area (Å²) in [5.74, 6) is -0.0257. The van der Waals surface area contributed by atoms with Crippen molar-refractivity contribution >= 4 is 5.91 Å². The van der Waals surface area contributed by atoms with E-state index in [0.717, 1.165) is 5.56 Å². The summed E-state index contributed by atoms with van der Waals surface area (Å²) in [4.78, 5) is 15.9. The zero-order chi connectivity index (χ0) is 10.5. The SMILES string of the molecule is O=C1NOCC=C1OCc1ccccc1. The van der Waals surface area contributed by atoms with Crippen LogP contribution in [0.3, 0.4) is 0 Å². The van der Waals surface area contributed by atoms with E-state index >= 15 is 0 Å². The number of amides is 1. The number of hydroxylamine groups is 1. The van der Waals surface area contributed by atoms with Gasteiger partial charge < -0.3 is 4.74 Å². The lowest BCUT2D eigenvalue weighted by Gasteiger charge is -2.14. The molecule has 0 bridgehead atoms. The number of carbonyl (C=O) groups is 1. The lowest BCUT2D eigenvalue weighted by atomic mass is 10.2. The molecule has 1 N–H and O–H groups in total. The summed E-state index contributed by atoms with van der Waals surface area (Å²) in [5, 5.41) is 0. The fraction of sp³-hybridized carbons (Fsp3) is 0.182. The molecule has 0 fully saturated rings. The van der Waals surface area contributed by atoms with E-state index in [9.17, 15) is 4.79 Å². The first-order chi connectivity index (χ1) is 7.36. The van der Waals surface area contributed by atoms with Crippen LogP contribution in [0.25, 0.3) is 0 Å². The van der Waals surface area contributed by atoms with E-state index in [1.165, 1.54) is 0 Å². The molecule has 0 spiro atoms. The van der Waals surface area contributed by atoms with Gasteiger partial charge in [-0.2, -0.15) is 0 Å². The van der Waals surface area contributed by atoms with Crippen LogP contribution in [-0.2, 0) is 21.0 Å². The smallest absolute Gasteiger partial charge is 0.309 e. The Labute approximate surface area is 87.5 Å². The molecular formula is C11H11NO3. The fourth-order valence-electron chi connectivity index (χ4n) is 1.23. The van der Waals surface area contributed by atoms with Crippen molar-refractivity contribution in [3.63, 3.8) is 0 Å². The maximum Gasteiger partial charge on any atom is 0.309 e. The Kier molecular flexibility index (Phi) is 2.99. The Bertz CT molecular complexity index is 373. The van der Waals surface area contributed by atoms with Crippen LogP contribution in [0.2, 0.25) is 0 Å². The average molecular weight is 205 g/mol. The summed E-state index contributed by atoms with van der Waals surface area (Å²) in [6.07, 6.45) is 1.61. The summed E-state index contributed by atoms with van der Waals surface area (Å²) in [7, 11) is 0. The highest BCUT2D eigenvalue weighted by atomic mass is 16.7. The molecule has 1 amide bonds. The molecule has 0 aromatic heterocycles. The molecule has 0 saturated heterocycles. The molecule has 1 aromatic rings. The van der Waals surface area contributed by atoms with Crippen molar-refractivity contribution in [2.24, 2.45) is 0 Å². The van der Waals surface area contributed by atoms with Crippen LogP contribution >= 0.6 is 0 Å². The van der Waals surface area contributed by atoms with Crippen molar-refractivity contribution in [1.82, 2.24) is 5.48 Å². The molecule has 1 aromatic carbocycles. The number of hydrogen-bond donors (Lipinski definition) is 1. The molecule has 0 radical (unpaired) electrons. The van der Waals surface area contributed by atoms with Gasteiger partial charge >= 0.3 is 5.91 Å². The number of rotatable bonds is 3. The number of benzene rings is 1. The van der Waals surface area contributed by atoms with Gasteiger partial charge in [-0.3, -0.25) is 9.63 Å².